The number of hydrogen-bond acceptors (Lipinski definition) is 9. The first-order chi connectivity index (χ1) is 30.6. The molecule has 0 amide bonds. The molecule has 9 heteroatoms. The highest BCUT2D eigenvalue weighted by molar-refractivity contribution is 5.74. The zero-order chi connectivity index (χ0) is 46.4. The van der Waals surface area contributed by atoms with Gasteiger partial charge in [-0.15, -0.1) is 6.58 Å². The van der Waals surface area contributed by atoms with Crippen LogP contribution in [0.4, 0.5) is 0 Å². The molecule has 5 saturated heterocycles. The molecule has 0 aromatic carbocycles. The molecule has 64 heavy (non-hydrogen) atoms. The van der Waals surface area contributed by atoms with Gasteiger partial charge in [-0.2, -0.15) is 0 Å². The number of carbonyl (C=O) groups is 2. The maximum atomic E-state index is 13.8. The molecule has 9 nitrogen and oxygen atoms in total. The number of ether oxygens (including phenoxy) is 2. The van der Waals surface area contributed by atoms with Crippen LogP contribution in [-0.4, -0.2) is 85.2 Å². The second kappa shape index (κ2) is 23.5. The normalized spacial score (nSPS) is 41.6. The monoisotopic (exact) mass is 893 g/mol. The molecular weight excluding hydrogens is 797 g/mol. The van der Waals surface area contributed by atoms with Crippen LogP contribution in [0.3, 0.4) is 0 Å². The Labute approximate surface area is 391 Å². The van der Waals surface area contributed by atoms with Gasteiger partial charge in [-0.3, -0.25) is 9.59 Å². The minimum atomic E-state index is -0.789. The van der Waals surface area contributed by atoms with Gasteiger partial charge in [-0.1, -0.05) is 125 Å². The molecule has 0 aromatic heterocycles. The van der Waals surface area contributed by atoms with Crippen molar-refractivity contribution in [1.29, 1.82) is 0 Å². The summed E-state index contributed by atoms with van der Waals surface area (Å²) in [7, 11) is 1.46. The standard InChI is InChI=1S/C55H96N4O5/c1-13-39-35(8)42-28-44-37(10)41(24-25-48(60)64-27-26-34(7)23-17-22-33(6)21-16-20-32(5)19-15-18-31(3)4)52(58-44)50-51(55(62)63-12)54(61)49-38(11)45(59-53(49)50)30-47-40(14-2)36(9)43(57-47)29-46(39)56-42/h13,26,31-33,35-47,49-54,56-59,61H,1,14-25,27-30H2,2-12H3/t32-,33-,35?,36?,37+,38?,39?,40?,41+,42?,43?,44?,45?,46?,47?,49?,50?,51?,52?,53?,54?/m1/s1. The Hall–Kier alpha value is -1.78. The Morgan fingerprint density at radius 1 is 0.703 bits per heavy atom. The van der Waals surface area contributed by atoms with Crippen molar-refractivity contribution in [3.8, 4) is 0 Å². The Morgan fingerprint density at radius 2 is 1.27 bits per heavy atom. The Balaban J connectivity index is 1.10. The minimum Gasteiger partial charge on any atom is -0.469 e. The fourth-order valence-corrected chi connectivity index (χ4v) is 14.8. The van der Waals surface area contributed by atoms with E-state index in [4.69, 9.17) is 9.47 Å². The summed E-state index contributed by atoms with van der Waals surface area (Å²) in [5, 5.41) is 28.8. The van der Waals surface area contributed by atoms with E-state index < -0.39 is 12.0 Å². The molecule has 6 rings (SSSR count). The van der Waals surface area contributed by atoms with Crippen molar-refractivity contribution >= 4 is 11.9 Å². The molecule has 0 spiro atoms. The van der Waals surface area contributed by atoms with E-state index in [0.717, 1.165) is 49.9 Å². The van der Waals surface area contributed by atoms with Crippen molar-refractivity contribution in [2.45, 2.75) is 220 Å². The van der Waals surface area contributed by atoms with Gasteiger partial charge in [0.25, 0.3) is 0 Å². The molecule has 17 unspecified atom stereocenters. The molecule has 0 radical (unpaired) electrons. The third-order valence-corrected chi connectivity index (χ3v) is 18.9. The topological polar surface area (TPSA) is 121 Å². The number of nitrogens with one attached hydrogen (secondary N) is 4. The third kappa shape index (κ3) is 11.9. The van der Waals surface area contributed by atoms with Gasteiger partial charge in [0.15, 0.2) is 0 Å². The molecule has 1 aliphatic carbocycles. The van der Waals surface area contributed by atoms with Gasteiger partial charge < -0.3 is 35.8 Å². The fourth-order valence-electron chi connectivity index (χ4n) is 14.8. The van der Waals surface area contributed by atoms with E-state index in [-0.39, 0.29) is 65.7 Å². The van der Waals surface area contributed by atoms with Gasteiger partial charge in [0.05, 0.1) is 19.1 Å². The molecule has 5 N–H and O–H groups in total. The van der Waals surface area contributed by atoms with Crippen molar-refractivity contribution in [3.63, 3.8) is 0 Å². The minimum absolute atomic E-state index is 0.0260. The summed E-state index contributed by atoms with van der Waals surface area (Å²) in [5.74, 6) is 3.68. The number of methoxy groups -OCH3 is 1. The lowest BCUT2D eigenvalue weighted by molar-refractivity contribution is -0.152. The van der Waals surface area contributed by atoms with Crippen LogP contribution in [0.2, 0.25) is 0 Å². The Morgan fingerprint density at radius 3 is 1.92 bits per heavy atom. The van der Waals surface area contributed by atoms with Crippen LogP contribution in [0.1, 0.15) is 166 Å². The second-order valence-corrected chi connectivity index (χ2v) is 23.4. The SMILES string of the molecule is C=CC1C2CC3NC(CC4NC5C(C4C)C(O)C(C(=O)OC)C5C4NC(CC(N2)C1C)[C@@H](C)[C@@H]4CCC(=O)OCC=C(C)CCC[C@H](C)CCC[C@H](C)CCCC(C)C)C(CC)C3C. The highest BCUT2D eigenvalue weighted by Gasteiger charge is 2.64. The molecule has 8 bridgehead atoms. The molecule has 6 aliphatic rings. The van der Waals surface area contributed by atoms with Crippen molar-refractivity contribution < 1.29 is 24.2 Å². The summed E-state index contributed by atoms with van der Waals surface area (Å²) in [6.07, 6.45) is 20.3. The lowest BCUT2D eigenvalue weighted by Gasteiger charge is -2.35. The van der Waals surface area contributed by atoms with Crippen molar-refractivity contribution in [3.05, 3.63) is 24.3 Å². The van der Waals surface area contributed by atoms with Crippen molar-refractivity contribution in [1.82, 2.24) is 21.3 Å². The maximum Gasteiger partial charge on any atom is 0.311 e. The van der Waals surface area contributed by atoms with Crippen LogP contribution in [0.15, 0.2) is 24.3 Å². The zero-order valence-electron chi connectivity index (χ0n) is 42.5. The number of aliphatic hydroxyl groups excluding tert-OH is 1. The highest BCUT2D eigenvalue weighted by atomic mass is 16.5. The molecular formula is C55H96N4O5. The number of esters is 2. The van der Waals surface area contributed by atoms with Gasteiger partial charge in [0.1, 0.15) is 6.61 Å². The van der Waals surface area contributed by atoms with E-state index in [1.54, 1.807) is 0 Å². The van der Waals surface area contributed by atoms with Crippen LogP contribution < -0.4 is 21.3 Å². The van der Waals surface area contributed by atoms with E-state index in [1.165, 1.54) is 64.0 Å². The smallest absolute Gasteiger partial charge is 0.311 e. The number of rotatable bonds is 20. The van der Waals surface area contributed by atoms with Gasteiger partial charge in [0, 0.05) is 66.6 Å². The average Bonchev–Trinajstić information content (AvgIpc) is 3.99. The summed E-state index contributed by atoms with van der Waals surface area (Å²) in [4.78, 5) is 27.3. The first kappa shape index (κ1) is 51.6. The van der Waals surface area contributed by atoms with E-state index in [1.807, 2.05) is 0 Å². The average molecular weight is 893 g/mol. The van der Waals surface area contributed by atoms with Crippen LogP contribution in [0.25, 0.3) is 0 Å². The van der Waals surface area contributed by atoms with Gasteiger partial charge >= 0.3 is 11.9 Å². The fraction of sp³-hybridized carbons (Fsp3) is 0.891. The summed E-state index contributed by atoms with van der Waals surface area (Å²) in [6.45, 7) is 28.2. The summed E-state index contributed by atoms with van der Waals surface area (Å²) < 4.78 is 11.4. The quantitative estimate of drug-likeness (QED) is 0.0602. The lowest BCUT2D eigenvalue weighted by Crippen LogP contribution is -2.52. The number of hydrogen-bond donors (Lipinski definition) is 5. The molecule has 5 aliphatic heterocycles. The number of fused-ring (bicyclic) bond motifs is 8. The molecule has 21 atom stereocenters. The van der Waals surface area contributed by atoms with E-state index in [9.17, 15) is 14.7 Å². The van der Waals surface area contributed by atoms with Crippen LogP contribution >= 0.6 is 0 Å². The molecule has 6 fully saturated rings. The second-order valence-electron chi connectivity index (χ2n) is 23.4. The summed E-state index contributed by atoms with van der Waals surface area (Å²) >= 11 is 0. The van der Waals surface area contributed by atoms with E-state index in [2.05, 4.69) is 109 Å². The zero-order valence-corrected chi connectivity index (χ0v) is 42.5. The van der Waals surface area contributed by atoms with Gasteiger partial charge in [-0.25, -0.2) is 0 Å². The predicted octanol–water partition coefficient (Wildman–Crippen LogP) is 9.63. The van der Waals surface area contributed by atoms with Gasteiger partial charge in [-0.05, 0) is 111 Å². The number of aliphatic hydroxyl groups is 1. The highest BCUT2D eigenvalue weighted by Crippen LogP contribution is 2.53. The van der Waals surface area contributed by atoms with Gasteiger partial charge in [0.2, 0.25) is 0 Å². The van der Waals surface area contributed by atoms with Crippen LogP contribution in [0.5, 0.6) is 0 Å². The largest absolute Gasteiger partial charge is 0.469 e. The maximum absolute atomic E-state index is 13.8. The van der Waals surface area contributed by atoms with Crippen LogP contribution in [0, 0.1) is 76.9 Å². The molecule has 0 aromatic rings. The third-order valence-electron chi connectivity index (χ3n) is 18.9. The molecule has 366 valence electrons. The number of carbonyl (C=O) groups excluding carboxylic acids is 2. The Bertz CT molecular complexity index is 1540. The first-order valence-corrected chi connectivity index (χ1v) is 26.8. The molecule has 1 saturated carbocycles. The van der Waals surface area contributed by atoms with Crippen molar-refractivity contribution in [2.24, 2.45) is 76.9 Å². The first-order valence-electron chi connectivity index (χ1n) is 26.8. The lowest BCUT2D eigenvalue weighted by atomic mass is 9.75. The summed E-state index contributed by atoms with van der Waals surface area (Å²) in [5.41, 5.74) is 1.30. The molecule has 5 heterocycles. The van der Waals surface area contributed by atoms with E-state index >= 15 is 0 Å². The number of allylic oxidation sites excluding steroid dienone is 1. The van der Waals surface area contributed by atoms with Crippen molar-refractivity contribution in [2.75, 3.05) is 13.7 Å². The predicted molar refractivity (Wildman–Crippen MR) is 261 cm³/mol. The van der Waals surface area contributed by atoms with E-state index in [0.29, 0.717) is 67.3 Å². The Kier molecular flexibility index (Phi) is 18.9. The van der Waals surface area contributed by atoms with Crippen LogP contribution in [-0.2, 0) is 19.1 Å². The summed E-state index contributed by atoms with van der Waals surface area (Å²) in [6, 6.07) is 1.87.